The van der Waals surface area contributed by atoms with Crippen LogP contribution in [0.1, 0.15) is 113 Å². The lowest BCUT2D eigenvalue weighted by atomic mass is 9.81. The number of aryl methyl sites for hydroxylation is 1. The maximum absolute atomic E-state index is 6.02. The van der Waals surface area contributed by atoms with Crippen molar-refractivity contribution < 1.29 is 0 Å². The second-order valence-corrected chi connectivity index (χ2v) is 18.6. The lowest BCUT2D eigenvalue weighted by Crippen LogP contribution is -2.18. The molecule has 0 N–H and O–H groups in total. The average Bonchev–Trinajstić information content (AvgIpc) is 3.57. The van der Waals surface area contributed by atoms with Gasteiger partial charge >= 0.3 is 0 Å². The van der Waals surface area contributed by atoms with Gasteiger partial charge in [-0.15, -0.1) is 6.42 Å². The fourth-order valence-corrected chi connectivity index (χ4v) is 10.3. The minimum Gasteiger partial charge on any atom is -0.314 e. The molecule has 0 saturated heterocycles. The highest BCUT2D eigenvalue weighted by molar-refractivity contribution is 5.89. The fourth-order valence-electron chi connectivity index (χ4n) is 10.3. The molecule has 9 rings (SSSR count). The van der Waals surface area contributed by atoms with Crippen molar-refractivity contribution in [2.45, 2.75) is 91.9 Å². The molecule has 3 aliphatic carbocycles. The summed E-state index contributed by atoms with van der Waals surface area (Å²) in [4.78, 5) is 2.48. The normalized spacial score (nSPS) is 15.8. The van der Waals surface area contributed by atoms with E-state index in [9.17, 15) is 0 Å². The smallest absolute Gasteiger partial charge is 0.0464 e. The first-order valence-electron chi connectivity index (χ1n) is 23.6. The van der Waals surface area contributed by atoms with Crippen molar-refractivity contribution in [3.63, 3.8) is 0 Å². The van der Waals surface area contributed by atoms with Gasteiger partial charge in [0.05, 0.1) is 0 Å². The van der Waals surface area contributed by atoms with Crippen molar-refractivity contribution in [3.8, 4) is 45.7 Å². The van der Waals surface area contributed by atoms with E-state index in [2.05, 4.69) is 216 Å². The number of hydrogen-bond donors (Lipinski definition) is 0. The molecule has 1 atom stereocenters. The number of hydrogen-bond acceptors (Lipinski definition) is 1. The minimum atomic E-state index is -0.130. The third-order valence-electron chi connectivity index (χ3n) is 14.2. The molecule has 6 aromatic rings. The molecule has 0 saturated carbocycles. The highest BCUT2D eigenvalue weighted by Crippen LogP contribution is 2.51. The van der Waals surface area contributed by atoms with Crippen LogP contribution in [0, 0.1) is 25.2 Å². The van der Waals surface area contributed by atoms with Gasteiger partial charge in [0, 0.05) is 28.1 Å². The maximum atomic E-state index is 6.02. The van der Waals surface area contributed by atoms with E-state index in [1.807, 2.05) is 0 Å². The Bertz CT molecular complexity index is 2920. The molecule has 0 bridgehead atoms. The summed E-state index contributed by atoms with van der Waals surface area (Å²) in [5.41, 5.74) is 24.2. The molecular formula is C63H61N. The van der Waals surface area contributed by atoms with Gasteiger partial charge in [0.1, 0.15) is 0 Å². The van der Waals surface area contributed by atoms with Gasteiger partial charge in [-0.2, -0.15) is 0 Å². The van der Waals surface area contributed by atoms with Gasteiger partial charge in [-0.05, 0) is 178 Å². The van der Waals surface area contributed by atoms with Gasteiger partial charge in [-0.1, -0.05) is 168 Å². The summed E-state index contributed by atoms with van der Waals surface area (Å²) in [7, 11) is 0. The molecular weight excluding hydrogens is 771 g/mol. The number of terminal acetylenes is 1. The van der Waals surface area contributed by atoms with Crippen LogP contribution in [0.5, 0.6) is 0 Å². The lowest BCUT2D eigenvalue weighted by molar-refractivity contribution is 0.625. The Morgan fingerprint density at radius 3 is 2.17 bits per heavy atom. The zero-order chi connectivity index (χ0) is 44.4. The Morgan fingerprint density at radius 2 is 1.42 bits per heavy atom. The van der Waals surface area contributed by atoms with E-state index in [1.165, 1.54) is 84.5 Å². The highest BCUT2D eigenvalue weighted by atomic mass is 15.1. The van der Waals surface area contributed by atoms with Gasteiger partial charge in [-0.25, -0.2) is 0 Å². The molecule has 3 aliphatic rings. The van der Waals surface area contributed by atoms with Crippen LogP contribution in [0.4, 0.5) is 11.4 Å². The number of allylic oxidation sites excluding steroid dienone is 10. The topological polar surface area (TPSA) is 3.24 Å². The van der Waals surface area contributed by atoms with Crippen LogP contribution in [0.2, 0.25) is 0 Å². The van der Waals surface area contributed by atoms with Crippen LogP contribution in [0.15, 0.2) is 175 Å². The van der Waals surface area contributed by atoms with Crippen molar-refractivity contribution in [1.82, 2.24) is 0 Å². The van der Waals surface area contributed by atoms with E-state index in [4.69, 9.17) is 6.42 Å². The Labute approximate surface area is 383 Å². The number of benzene rings is 6. The molecule has 0 radical (unpaired) electrons. The first-order chi connectivity index (χ1) is 31.2. The standard InChI is InChI=1S/C63H61N/c1-8-11-18-45(10-3)52-31-37-58-60-41-51(32-38-61(60)63(6,7)62(58)42-52)49-21-17-22-55(39-49)64(53-33-27-47(28-34-53)46-19-13-12-14-20-46)54-35-29-48(30-36-54)50-26-25-44(5)59(40-50)57-24-16-15-23-56(57)43(4)9-2/h3,12-14,16-22,24-27,29-33,35-43H,8-9,11,15,23,28,34H2,1-2,4-7H3/b45-18+. The third-order valence-corrected chi connectivity index (χ3v) is 14.2. The van der Waals surface area contributed by atoms with E-state index in [0.29, 0.717) is 5.92 Å². The van der Waals surface area contributed by atoms with Crippen LogP contribution in [0.3, 0.4) is 0 Å². The number of unbranched alkanes of at least 4 members (excludes halogenated alkanes) is 1. The maximum Gasteiger partial charge on any atom is 0.0464 e. The Morgan fingerprint density at radius 1 is 0.688 bits per heavy atom. The molecule has 0 aromatic heterocycles. The molecule has 64 heavy (non-hydrogen) atoms. The zero-order valence-electron chi connectivity index (χ0n) is 38.6. The molecule has 0 aliphatic heterocycles. The van der Waals surface area contributed by atoms with E-state index in [1.54, 1.807) is 5.57 Å². The van der Waals surface area contributed by atoms with Gasteiger partial charge in [0.25, 0.3) is 0 Å². The van der Waals surface area contributed by atoms with Crippen molar-refractivity contribution >= 4 is 28.1 Å². The lowest BCUT2D eigenvalue weighted by Gasteiger charge is -2.30. The van der Waals surface area contributed by atoms with Gasteiger partial charge in [0.2, 0.25) is 0 Å². The van der Waals surface area contributed by atoms with Gasteiger partial charge in [-0.3, -0.25) is 0 Å². The van der Waals surface area contributed by atoms with Crippen LogP contribution < -0.4 is 4.90 Å². The summed E-state index contributed by atoms with van der Waals surface area (Å²) in [6.45, 7) is 13.8. The number of rotatable bonds is 12. The Kier molecular flexibility index (Phi) is 12.2. The Hall–Kier alpha value is -6.62. The summed E-state index contributed by atoms with van der Waals surface area (Å²) < 4.78 is 0. The summed E-state index contributed by atoms with van der Waals surface area (Å²) in [5.74, 6) is 3.54. The highest BCUT2D eigenvalue weighted by Gasteiger charge is 2.36. The second-order valence-electron chi connectivity index (χ2n) is 18.6. The van der Waals surface area contributed by atoms with Crippen molar-refractivity contribution in [2.75, 3.05) is 4.90 Å². The van der Waals surface area contributed by atoms with Crippen LogP contribution in [-0.4, -0.2) is 0 Å². The van der Waals surface area contributed by atoms with E-state index in [0.717, 1.165) is 61.0 Å². The van der Waals surface area contributed by atoms with Crippen LogP contribution in [-0.2, 0) is 5.41 Å². The molecule has 0 spiro atoms. The summed E-state index contributed by atoms with van der Waals surface area (Å²) in [6, 6.07) is 50.1. The summed E-state index contributed by atoms with van der Waals surface area (Å²) in [5, 5.41) is 0. The average molecular weight is 832 g/mol. The molecule has 0 heterocycles. The molecule has 1 unspecified atom stereocenters. The van der Waals surface area contributed by atoms with E-state index >= 15 is 0 Å². The number of nitrogens with zero attached hydrogens (tertiary/aromatic N) is 1. The minimum absolute atomic E-state index is 0.130. The first kappa shape index (κ1) is 42.7. The fraction of sp³-hybridized carbons (Fsp3) is 0.238. The van der Waals surface area contributed by atoms with Gasteiger partial charge in [0.15, 0.2) is 0 Å². The van der Waals surface area contributed by atoms with E-state index in [-0.39, 0.29) is 5.41 Å². The second kappa shape index (κ2) is 18.2. The van der Waals surface area contributed by atoms with Crippen molar-refractivity contribution in [2.24, 2.45) is 5.92 Å². The molecule has 0 fully saturated rings. The number of fused-ring (bicyclic) bond motifs is 3. The predicted octanol–water partition coefficient (Wildman–Crippen LogP) is 17.5. The quantitative estimate of drug-likeness (QED) is 0.111. The monoisotopic (exact) mass is 831 g/mol. The zero-order valence-corrected chi connectivity index (χ0v) is 38.6. The van der Waals surface area contributed by atoms with Crippen LogP contribution >= 0.6 is 0 Å². The van der Waals surface area contributed by atoms with Crippen LogP contribution in [0.25, 0.3) is 50.1 Å². The Balaban J connectivity index is 1.09. The third kappa shape index (κ3) is 8.19. The molecule has 0 amide bonds. The van der Waals surface area contributed by atoms with E-state index < -0.39 is 0 Å². The van der Waals surface area contributed by atoms with Crippen molar-refractivity contribution in [3.05, 3.63) is 208 Å². The first-order valence-corrected chi connectivity index (χ1v) is 23.6. The van der Waals surface area contributed by atoms with Gasteiger partial charge < -0.3 is 4.90 Å². The SMILES string of the molecule is C#C/C(=C\CCC)c1ccc2c(c1)C(C)(C)c1ccc(-c3cccc(N(C4=CC=C(c5ccccc5)CC4)c4ccc(-c5ccc(C)c(C6=C(C(C)CC)CCC=C6)c5)cc4)c3)cc1-2. The van der Waals surface area contributed by atoms with Crippen molar-refractivity contribution in [1.29, 1.82) is 0 Å². The molecule has 1 heteroatoms. The molecule has 318 valence electrons. The largest absolute Gasteiger partial charge is 0.314 e. The summed E-state index contributed by atoms with van der Waals surface area (Å²) in [6.07, 6.45) is 25.1. The molecule has 1 nitrogen and oxygen atoms in total. The molecule has 6 aromatic carbocycles. The predicted molar refractivity (Wildman–Crippen MR) is 276 cm³/mol. The summed E-state index contributed by atoms with van der Waals surface area (Å²) >= 11 is 0. The number of anilines is 2.